The fourth-order valence-electron chi connectivity index (χ4n) is 5.28. The number of ether oxygens (including phenoxy) is 5. The zero-order valence-corrected chi connectivity index (χ0v) is 25.0. The summed E-state index contributed by atoms with van der Waals surface area (Å²) in [5, 5.41) is 0. The molecule has 42 heavy (non-hydrogen) atoms. The molecule has 0 N–H and O–H groups in total. The highest BCUT2D eigenvalue weighted by Crippen LogP contribution is 2.44. The summed E-state index contributed by atoms with van der Waals surface area (Å²) in [6.45, 7) is 9.26. The summed E-state index contributed by atoms with van der Waals surface area (Å²) < 4.78 is 30.1. The van der Waals surface area contributed by atoms with Crippen LogP contribution in [0.5, 0.6) is 23.0 Å². The van der Waals surface area contributed by atoms with Gasteiger partial charge in [0.15, 0.2) is 11.5 Å². The number of carbonyl (C=O) groups excluding carboxylic acids is 1. The first-order valence-electron chi connectivity index (χ1n) is 14.3. The average molecular weight is 567 g/mol. The van der Waals surface area contributed by atoms with E-state index in [1.165, 1.54) is 0 Å². The predicted molar refractivity (Wildman–Crippen MR) is 163 cm³/mol. The number of carbonyl (C=O) groups is 1. The van der Waals surface area contributed by atoms with Gasteiger partial charge in [0.25, 0.3) is 0 Å². The van der Waals surface area contributed by atoms with Gasteiger partial charge in [-0.2, -0.15) is 0 Å². The summed E-state index contributed by atoms with van der Waals surface area (Å²) in [5.74, 6) is 2.38. The molecule has 6 heteroatoms. The Morgan fingerprint density at radius 1 is 0.810 bits per heavy atom. The summed E-state index contributed by atoms with van der Waals surface area (Å²) in [7, 11) is 1.55. The van der Waals surface area contributed by atoms with E-state index >= 15 is 0 Å². The van der Waals surface area contributed by atoms with Crippen LogP contribution in [0.1, 0.15) is 57.1 Å². The minimum Gasteiger partial charge on any atom is -0.493 e. The quantitative estimate of drug-likeness (QED) is 0.183. The molecule has 0 saturated carbocycles. The first-order chi connectivity index (χ1) is 20.3. The van der Waals surface area contributed by atoms with Crippen LogP contribution < -0.4 is 18.9 Å². The molecule has 0 radical (unpaired) electrons. The Labute approximate surface area is 248 Å². The Hall–Kier alpha value is -4.45. The Morgan fingerprint density at radius 3 is 2.10 bits per heavy atom. The SMILES string of the molecule is COc1cc(C(=O)OCC2(C)CCc3c(C)c(OCc4ccccc4)c(C)c(C)c3O2)ccc1OCc1ccccc1. The van der Waals surface area contributed by atoms with Crippen molar-refractivity contribution in [2.75, 3.05) is 13.7 Å². The smallest absolute Gasteiger partial charge is 0.338 e. The lowest BCUT2D eigenvalue weighted by molar-refractivity contribution is -0.0164. The fourth-order valence-corrected chi connectivity index (χ4v) is 5.28. The van der Waals surface area contributed by atoms with E-state index in [9.17, 15) is 4.79 Å². The molecule has 0 fully saturated rings. The molecule has 1 heterocycles. The third-order valence-electron chi connectivity index (χ3n) is 7.93. The van der Waals surface area contributed by atoms with Crippen molar-refractivity contribution >= 4 is 5.97 Å². The molecule has 0 aromatic heterocycles. The highest BCUT2D eigenvalue weighted by Gasteiger charge is 2.36. The first kappa shape index (κ1) is 29.1. The molecular weight excluding hydrogens is 528 g/mol. The number of rotatable bonds is 10. The standard InChI is InChI=1S/C36H38O6/c1-24-25(2)34-30(26(3)33(24)40-22-28-14-10-7-11-15-28)18-19-36(4,42-34)23-41-35(37)29-16-17-31(32(20-29)38-5)39-21-27-12-8-6-9-13-27/h6-17,20H,18-19,21-23H2,1-5H3. The minimum atomic E-state index is -0.651. The van der Waals surface area contributed by atoms with Crippen LogP contribution in [0.25, 0.3) is 0 Å². The third kappa shape index (κ3) is 6.38. The van der Waals surface area contributed by atoms with E-state index < -0.39 is 11.6 Å². The van der Waals surface area contributed by atoms with Gasteiger partial charge in [0.1, 0.15) is 36.9 Å². The number of fused-ring (bicyclic) bond motifs is 1. The van der Waals surface area contributed by atoms with Gasteiger partial charge in [-0.25, -0.2) is 4.79 Å². The van der Waals surface area contributed by atoms with Gasteiger partial charge in [0.2, 0.25) is 0 Å². The van der Waals surface area contributed by atoms with Crippen LogP contribution in [0.4, 0.5) is 0 Å². The number of hydrogen-bond acceptors (Lipinski definition) is 6. The maximum absolute atomic E-state index is 13.1. The van der Waals surface area contributed by atoms with Gasteiger partial charge in [0, 0.05) is 5.56 Å². The Balaban J connectivity index is 1.24. The van der Waals surface area contributed by atoms with Crippen LogP contribution in [0.15, 0.2) is 78.9 Å². The van der Waals surface area contributed by atoms with E-state index in [2.05, 4.69) is 32.9 Å². The van der Waals surface area contributed by atoms with Crippen LogP contribution in [0.3, 0.4) is 0 Å². The molecule has 1 atom stereocenters. The first-order valence-corrected chi connectivity index (χ1v) is 14.3. The van der Waals surface area contributed by atoms with Crippen LogP contribution in [0.2, 0.25) is 0 Å². The normalized spacial score (nSPS) is 15.7. The molecule has 0 amide bonds. The second kappa shape index (κ2) is 12.6. The fraction of sp³-hybridized carbons (Fsp3) is 0.306. The lowest BCUT2D eigenvalue weighted by Crippen LogP contribution is -2.42. The van der Waals surface area contributed by atoms with Gasteiger partial charge in [-0.3, -0.25) is 0 Å². The molecule has 5 rings (SSSR count). The van der Waals surface area contributed by atoms with E-state index in [0.717, 1.165) is 51.3 Å². The van der Waals surface area contributed by atoms with Crippen molar-refractivity contribution in [2.45, 2.75) is 59.4 Å². The summed E-state index contributed by atoms with van der Waals surface area (Å²) in [6.07, 6.45) is 1.52. The van der Waals surface area contributed by atoms with Crippen molar-refractivity contribution in [3.8, 4) is 23.0 Å². The summed E-state index contributed by atoms with van der Waals surface area (Å²) >= 11 is 0. The molecule has 0 spiro atoms. The maximum atomic E-state index is 13.1. The van der Waals surface area contributed by atoms with Gasteiger partial charge in [0.05, 0.1) is 12.7 Å². The van der Waals surface area contributed by atoms with Crippen LogP contribution >= 0.6 is 0 Å². The van der Waals surface area contributed by atoms with Gasteiger partial charge in [-0.05, 0) is 86.6 Å². The monoisotopic (exact) mass is 566 g/mol. The van der Waals surface area contributed by atoms with Crippen LogP contribution in [0, 0.1) is 20.8 Å². The van der Waals surface area contributed by atoms with Crippen LogP contribution in [-0.4, -0.2) is 25.3 Å². The van der Waals surface area contributed by atoms with Crippen molar-refractivity contribution in [2.24, 2.45) is 0 Å². The van der Waals surface area contributed by atoms with Gasteiger partial charge < -0.3 is 23.7 Å². The minimum absolute atomic E-state index is 0.129. The lowest BCUT2D eigenvalue weighted by Gasteiger charge is -2.37. The molecular formula is C36H38O6. The highest BCUT2D eigenvalue weighted by molar-refractivity contribution is 5.90. The van der Waals surface area contributed by atoms with Crippen LogP contribution in [-0.2, 0) is 24.4 Å². The number of hydrogen-bond donors (Lipinski definition) is 0. The number of esters is 1. The van der Waals surface area contributed by atoms with E-state index in [0.29, 0.717) is 36.7 Å². The number of methoxy groups -OCH3 is 1. The zero-order valence-electron chi connectivity index (χ0n) is 25.0. The molecule has 1 aliphatic rings. The molecule has 4 aromatic rings. The molecule has 6 nitrogen and oxygen atoms in total. The summed E-state index contributed by atoms with van der Waals surface area (Å²) in [5.41, 5.74) is 6.27. The second-order valence-electron chi connectivity index (χ2n) is 11.1. The van der Waals surface area contributed by atoms with Crippen molar-refractivity contribution in [1.29, 1.82) is 0 Å². The summed E-state index contributed by atoms with van der Waals surface area (Å²) in [6, 6.07) is 25.1. The lowest BCUT2D eigenvalue weighted by atomic mass is 9.87. The molecule has 218 valence electrons. The van der Waals surface area contributed by atoms with Crippen molar-refractivity contribution in [1.82, 2.24) is 0 Å². The van der Waals surface area contributed by atoms with Gasteiger partial charge >= 0.3 is 5.97 Å². The Kier molecular flexibility index (Phi) is 8.72. The van der Waals surface area contributed by atoms with Gasteiger partial charge in [-0.1, -0.05) is 60.7 Å². The molecule has 1 aliphatic heterocycles. The average Bonchev–Trinajstić information content (AvgIpc) is 3.02. The second-order valence-corrected chi connectivity index (χ2v) is 11.1. The van der Waals surface area contributed by atoms with Gasteiger partial charge in [-0.15, -0.1) is 0 Å². The Bertz CT molecular complexity index is 1550. The molecule has 0 saturated heterocycles. The van der Waals surface area contributed by atoms with Crippen molar-refractivity contribution < 1.29 is 28.5 Å². The maximum Gasteiger partial charge on any atom is 0.338 e. The Morgan fingerprint density at radius 2 is 1.45 bits per heavy atom. The molecule has 4 aromatic carbocycles. The molecule has 1 unspecified atom stereocenters. The highest BCUT2D eigenvalue weighted by atomic mass is 16.6. The number of benzene rings is 4. The largest absolute Gasteiger partial charge is 0.493 e. The van der Waals surface area contributed by atoms with Crippen molar-refractivity contribution in [3.05, 3.63) is 118 Å². The zero-order chi connectivity index (χ0) is 29.7. The predicted octanol–water partition coefficient (Wildman–Crippen LogP) is 7.72. The van der Waals surface area contributed by atoms with Crippen molar-refractivity contribution in [3.63, 3.8) is 0 Å². The van der Waals surface area contributed by atoms with E-state index in [1.807, 2.05) is 55.5 Å². The summed E-state index contributed by atoms with van der Waals surface area (Å²) in [4.78, 5) is 13.1. The molecule has 0 bridgehead atoms. The molecule has 0 aliphatic carbocycles. The van der Waals surface area contributed by atoms with E-state index in [4.69, 9.17) is 23.7 Å². The van der Waals surface area contributed by atoms with E-state index in [1.54, 1.807) is 25.3 Å². The van der Waals surface area contributed by atoms with E-state index in [-0.39, 0.29) is 6.61 Å². The third-order valence-corrected chi connectivity index (χ3v) is 7.93. The topological polar surface area (TPSA) is 63.2 Å².